The molecule has 0 saturated heterocycles. The summed E-state index contributed by atoms with van der Waals surface area (Å²) in [6.07, 6.45) is 3.00. The zero-order valence-corrected chi connectivity index (χ0v) is 19.6. The Balaban J connectivity index is 1.55. The van der Waals surface area contributed by atoms with Gasteiger partial charge in [-0.15, -0.1) is 11.3 Å². The van der Waals surface area contributed by atoms with Gasteiger partial charge in [-0.3, -0.25) is 14.9 Å². The van der Waals surface area contributed by atoms with E-state index < -0.39 is 0 Å². The number of carbonyl (C=O) groups is 2. The van der Waals surface area contributed by atoms with E-state index in [1.54, 1.807) is 14.0 Å². The lowest BCUT2D eigenvalue weighted by molar-refractivity contribution is -0.145. The van der Waals surface area contributed by atoms with E-state index in [4.69, 9.17) is 13.9 Å². The number of esters is 1. The molecule has 1 amide bonds. The number of anilines is 1. The maximum Gasteiger partial charge on any atom is 0.315 e. The lowest BCUT2D eigenvalue weighted by atomic mass is 10.0. The minimum Gasteiger partial charge on any atom is -0.496 e. The summed E-state index contributed by atoms with van der Waals surface area (Å²) in [6, 6.07) is 3.84. The summed E-state index contributed by atoms with van der Waals surface area (Å²) < 4.78 is 16.5. The fraction of sp³-hybridized carbons (Fsp3) is 0.375. The number of nitrogens with one attached hydrogen (secondary N) is 1. The number of rotatable bonds is 6. The van der Waals surface area contributed by atoms with Crippen LogP contribution in [0.4, 0.5) is 5.13 Å². The van der Waals surface area contributed by atoms with Crippen molar-refractivity contribution < 1.29 is 23.5 Å². The summed E-state index contributed by atoms with van der Waals surface area (Å²) in [5.41, 5.74) is 4.12. The molecule has 0 radical (unpaired) electrons. The first-order chi connectivity index (χ1) is 15.3. The summed E-state index contributed by atoms with van der Waals surface area (Å²) >= 11 is 1.41. The van der Waals surface area contributed by atoms with Crippen LogP contribution in [0.2, 0.25) is 0 Å². The van der Waals surface area contributed by atoms with Crippen LogP contribution in [-0.4, -0.2) is 30.6 Å². The second-order valence-electron chi connectivity index (χ2n) is 7.82. The summed E-state index contributed by atoms with van der Waals surface area (Å²) in [5.74, 6) is 0.610. The van der Waals surface area contributed by atoms with Crippen molar-refractivity contribution in [3.63, 3.8) is 0 Å². The van der Waals surface area contributed by atoms with Crippen molar-refractivity contribution in [2.45, 2.75) is 46.5 Å². The standard InChI is InChI=1S/C24H26N2O5S/c1-6-30-23(28)15-7-8-20-22(15)26-24(32-20)25-21(27)9-12(2)16-10-17-13(3)14(4)31-19(17)11-18(16)29-5/h9-11,15H,6-8H2,1-5H3,(H,25,26,27)/b12-9+. The Labute approximate surface area is 190 Å². The molecule has 0 bridgehead atoms. The first-order valence-corrected chi connectivity index (χ1v) is 11.4. The summed E-state index contributed by atoms with van der Waals surface area (Å²) in [4.78, 5) is 30.4. The Hall–Kier alpha value is -3.13. The molecule has 168 valence electrons. The number of amides is 1. The molecule has 2 aromatic heterocycles. The van der Waals surface area contributed by atoms with Crippen LogP contribution < -0.4 is 10.1 Å². The first-order valence-electron chi connectivity index (χ1n) is 10.6. The number of thiazole rings is 1. The fourth-order valence-corrected chi connectivity index (χ4v) is 5.06. The monoisotopic (exact) mass is 454 g/mol. The van der Waals surface area contributed by atoms with Crippen molar-refractivity contribution in [3.8, 4) is 5.75 Å². The van der Waals surface area contributed by atoms with E-state index in [9.17, 15) is 9.59 Å². The third kappa shape index (κ3) is 4.02. The lowest BCUT2D eigenvalue weighted by Crippen LogP contribution is -2.14. The van der Waals surface area contributed by atoms with Crippen molar-refractivity contribution in [2.75, 3.05) is 19.0 Å². The zero-order chi connectivity index (χ0) is 23.0. The molecular formula is C24H26N2O5S. The van der Waals surface area contributed by atoms with E-state index in [-0.39, 0.29) is 17.8 Å². The van der Waals surface area contributed by atoms with Crippen LogP contribution in [0, 0.1) is 13.8 Å². The maximum atomic E-state index is 12.7. The quantitative estimate of drug-likeness (QED) is 0.409. The summed E-state index contributed by atoms with van der Waals surface area (Å²) in [6.45, 7) is 7.93. The van der Waals surface area contributed by atoms with Crippen LogP contribution in [0.5, 0.6) is 5.75 Å². The molecule has 8 heteroatoms. The smallest absolute Gasteiger partial charge is 0.315 e. The minimum absolute atomic E-state index is 0.252. The van der Waals surface area contributed by atoms with E-state index in [1.165, 1.54) is 17.4 Å². The summed E-state index contributed by atoms with van der Waals surface area (Å²) in [5, 5.41) is 4.32. The number of furan rings is 1. The fourth-order valence-electron chi connectivity index (χ4n) is 4.02. The van der Waals surface area contributed by atoms with E-state index in [2.05, 4.69) is 10.3 Å². The Morgan fingerprint density at radius 3 is 2.84 bits per heavy atom. The van der Waals surface area contributed by atoms with E-state index in [1.807, 2.05) is 32.9 Å². The number of aryl methyl sites for hydroxylation is 3. The molecule has 0 fully saturated rings. The predicted molar refractivity (Wildman–Crippen MR) is 124 cm³/mol. The Kier molecular flexibility index (Phi) is 6.06. The average Bonchev–Trinajstić information content (AvgIpc) is 3.40. The van der Waals surface area contributed by atoms with Crippen LogP contribution in [0.15, 0.2) is 22.6 Å². The number of methoxy groups -OCH3 is 1. The number of ether oxygens (including phenoxy) is 2. The number of hydrogen-bond donors (Lipinski definition) is 1. The molecule has 1 atom stereocenters. The minimum atomic E-state index is -0.346. The average molecular weight is 455 g/mol. The molecule has 1 aromatic carbocycles. The number of benzene rings is 1. The highest BCUT2D eigenvalue weighted by Crippen LogP contribution is 2.39. The van der Waals surface area contributed by atoms with Gasteiger partial charge in [0.05, 0.1) is 19.4 Å². The predicted octanol–water partition coefficient (Wildman–Crippen LogP) is 5.15. The van der Waals surface area contributed by atoms with Gasteiger partial charge in [-0.1, -0.05) is 0 Å². The van der Waals surface area contributed by atoms with Gasteiger partial charge < -0.3 is 13.9 Å². The van der Waals surface area contributed by atoms with Crippen LogP contribution in [0.3, 0.4) is 0 Å². The van der Waals surface area contributed by atoms with Crippen LogP contribution in [0.1, 0.15) is 53.6 Å². The molecule has 7 nitrogen and oxygen atoms in total. The SMILES string of the molecule is CCOC(=O)C1CCc2sc(NC(=O)/C=C(\C)c3cc4c(C)c(C)oc4cc3OC)nc21. The van der Waals surface area contributed by atoms with Gasteiger partial charge in [0.15, 0.2) is 5.13 Å². The van der Waals surface area contributed by atoms with E-state index in [0.29, 0.717) is 23.9 Å². The normalized spacial score (nSPS) is 15.7. The lowest BCUT2D eigenvalue weighted by Gasteiger charge is -2.09. The number of carbonyl (C=O) groups excluding carboxylic acids is 2. The maximum absolute atomic E-state index is 12.7. The van der Waals surface area contributed by atoms with Gasteiger partial charge in [-0.2, -0.15) is 0 Å². The molecule has 4 rings (SSSR count). The second kappa shape index (κ2) is 8.78. The number of hydrogen-bond acceptors (Lipinski definition) is 7. The highest BCUT2D eigenvalue weighted by Gasteiger charge is 2.33. The van der Waals surface area contributed by atoms with E-state index >= 15 is 0 Å². The molecule has 0 aliphatic heterocycles. The highest BCUT2D eigenvalue weighted by atomic mass is 32.1. The van der Waals surface area contributed by atoms with Crippen molar-refractivity contribution >= 4 is 44.9 Å². The van der Waals surface area contributed by atoms with Crippen molar-refractivity contribution in [1.29, 1.82) is 0 Å². The second-order valence-corrected chi connectivity index (χ2v) is 8.90. The van der Waals surface area contributed by atoms with Crippen LogP contribution in [-0.2, 0) is 20.7 Å². The molecule has 1 aliphatic carbocycles. The number of aromatic nitrogens is 1. The molecule has 0 saturated carbocycles. The molecule has 3 aromatic rings. The molecule has 32 heavy (non-hydrogen) atoms. The zero-order valence-electron chi connectivity index (χ0n) is 18.8. The third-order valence-corrected chi connectivity index (χ3v) is 6.83. The molecule has 1 unspecified atom stereocenters. The molecule has 2 heterocycles. The van der Waals surface area contributed by atoms with E-state index in [0.717, 1.165) is 50.4 Å². The van der Waals surface area contributed by atoms with Gasteiger partial charge in [0.2, 0.25) is 5.91 Å². The Morgan fingerprint density at radius 2 is 2.12 bits per heavy atom. The number of allylic oxidation sites excluding steroid dienone is 1. The molecule has 1 N–H and O–H groups in total. The molecular weight excluding hydrogens is 428 g/mol. The van der Waals surface area contributed by atoms with Gasteiger partial charge in [0.1, 0.15) is 23.0 Å². The molecule has 0 spiro atoms. The van der Waals surface area contributed by atoms with Crippen molar-refractivity contribution in [2.24, 2.45) is 0 Å². The number of nitrogens with zero attached hydrogens (tertiary/aromatic N) is 1. The van der Waals surface area contributed by atoms with Gasteiger partial charge in [0.25, 0.3) is 0 Å². The van der Waals surface area contributed by atoms with Crippen molar-refractivity contribution in [1.82, 2.24) is 4.98 Å². The Bertz CT molecular complexity index is 1240. The Morgan fingerprint density at radius 1 is 1.34 bits per heavy atom. The van der Waals surface area contributed by atoms with Gasteiger partial charge in [-0.25, -0.2) is 4.98 Å². The summed E-state index contributed by atoms with van der Waals surface area (Å²) in [7, 11) is 1.59. The topological polar surface area (TPSA) is 90.7 Å². The van der Waals surface area contributed by atoms with Gasteiger partial charge >= 0.3 is 5.97 Å². The van der Waals surface area contributed by atoms with Crippen molar-refractivity contribution in [3.05, 3.63) is 45.7 Å². The van der Waals surface area contributed by atoms with Crippen LogP contribution >= 0.6 is 11.3 Å². The molecule has 1 aliphatic rings. The third-order valence-electron chi connectivity index (χ3n) is 5.79. The first kappa shape index (κ1) is 22.1. The highest BCUT2D eigenvalue weighted by molar-refractivity contribution is 7.16. The van der Waals surface area contributed by atoms with Crippen LogP contribution in [0.25, 0.3) is 16.5 Å². The number of fused-ring (bicyclic) bond motifs is 2. The van der Waals surface area contributed by atoms with Gasteiger partial charge in [0, 0.05) is 28.0 Å². The van der Waals surface area contributed by atoms with Gasteiger partial charge in [-0.05, 0) is 57.7 Å². The largest absolute Gasteiger partial charge is 0.496 e.